The summed E-state index contributed by atoms with van der Waals surface area (Å²) >= 11 is 4.28. The van der Waals surface area contributed by atoms with Gasteiger partial charge in [0.25, 0.3) is 0 Å². The lowest BCUT2D eigenvalue weighted by Gasteiger charge is -2.18. The number of ether oxygens (including phenoxy) is 2. The van der Waals surface area contributed by atoms with Gasteiger partial charge in [0.15, 0.2) is 11.5 Å². The van der Waals surface area contributed by atoms with Crippen molar-refractivity contribution in [3.05, 3.63) is 18.2 Å². The van der Waals surface area contributed by atoms with Crippen molar-refractivity contribution in [3.63, 3.8) is 0 Å². The molecule has 0 bridgehead atoms. The Bertz CT molecular complexity index is 492. The van der Waals surface area contributed by atoms with Gasteiger partial charge < -0.3 is 14.4 Å². The smallest absolute Gasteiger partial charge is 0.227 e. The number of thiol groups is 1. The molecule has 0 spiro atoms. The van der Waals surface area contributed by atoms with Crippen LogP contribution in [0.2, 0.25) is 0 Å². The summed E-state index contributed by atoms with van der Waals surface area (Å²) in [6.45, 7) is 2.07. The minimum atomic E-state index is 0.161. The first-order chi connectivity index (χ1) is 9.28. The monoisotopic (exact) mass is 279 g/mol. The minimum Gasteiger partial charge on any atom is -0.490 e. The van der Waals surface area contributed by atoms with Gasteiger partial charge in [-0.2, -0.15) is 12.6 Å². The molecule has 19 heavy (non-hydrogen) atoms. The molecule has 0 aromatic heterocycles. The van der Waals surface area contributed by atoms with Crippen molar-refractivity contribution in [1.29, 1.82) is 0 Å². The number of carbonyl (C=O) groups is 1. The summed E-state index contributed by atoms with van der Waals surface area (Å²) in [5.41, 5.74) is 0.888. The standard InChI is InChI=1S/C14H17NO3S/c16-14-6-10(9-19)8-15(14)11-2-3-12-13(7-11)18-5-1-4-17-12/h2-3,7,10,19H,1,4-6,8-9H2. The normalized spacial score (nSPS) is 22.5. The number of fused-ring (bicyclic) bond motifs is 1. The fraction of sp³-hybridized carbons (Fsp3) is 0.500. The number of anilines is 1. The zero-order valence-corrected chi connectivity index (χ0v) is 11.6. The summed E-state index contributed by atoms with van der Waals surface area (Å²) in [4.78, 5) is 13.8. The van der Waals surface area contributed by atoms with Gasteiger partial charge in [-0.1, -0.05) is 0 Å². The maximum absolute atomic E-state index is 12.0. The van der Waals surface area contributed by atoms with Crippen molar-refractivity contribution >= 4 is 24.2 Å². The molecular weight excluding hydrogens is 262 g/mol. The van der Waals surface area contributed by atoms with Crippen LogP contribution in [0.1, 0.15) is 12.8 Å². The lowest BCUT2D eigenvalue weighted by molar-refractivity contribution is -0.117. The second-order valence-electron chi connectivity index (χ2n) is 4.94. The van der Waals surface area contributed by atoms with Crippen molar-refractivity contribution in [2.45, 2.75) is 12.8 Å². The fourth-order valence-electron chi connectivity index (χ4n) is 2.47. The average Bonchev–Trinajstić information content (AvgIpc) is 2.66. The Kier molecular flexibility index (Phi) is 3.55. The number of rotatable bonds is 2. The SMILES string of the molecule is O=C1CC(CS)CN1c1ccc2c(c1)OCCCO2. The largest absolute Gasteiger partial charge is 0.490 e. The van der Waals surface area contributed by atoms with Crippen LogP contribution in [0.3, 0.4) is 0 Å². The molecule has 4 nitrogen and oxygen atoms in total. The predicted molar refractivity (Wildman–Crippen MR) is 76.4 cm³/mol. The highest BCUT2D eigenvalue weighted by atomic mass is 32.1. The van der Waals surface area contributed by atoms with E-state index in [4.69, 9.17) is 9.47 Å². The van der Waals surface area contributed by atoms with Crippen LogP contribution < -0.4 is 14.4 Å². The molecule has 0 N–H and O–H groups in total. The highest BCUT2D eigenvalue weighted by Gasteiger charge is 2.30. The summed E-state index contributed by atoms with van der Waals surface area (Å²) in [7, 11) is 0. The fourth-order valence-corrected chi connectivity index (χ4v) is 2.72. The van der Waals surface area contributed by atoms with Crippen LogP contribution in [0.15, 0.2) is 18.2 Å². The molecule has 0 saturated carbocycles. The van der Waals surface area contributed by atoms with E-state index in [0.29, 0.717) is 25.6 Å². The molecule has 2 aliphatic heterocycles. The van der Waals surface area contributed by atoms with Gasteiger partial charge in [-0.25, -0.2) is 0 Å². The quantitative estimate of drug-likeness (QED) is 0.843. The Morgan fingerprint density at radius 2 is 2.05 bits per heavy atom. The molecule has 0 radical (unpaired) electrons. The Labute approximate surface area is 118 Å². The van der Waals surface area contributed by atoms with Gasteiger partial charge in [-0.3, -0.25) is 4.79 Å². The molecule has 1 amide bonds. The van der Waals surface area contributed by atoms with Gasteiger partial charge in [0.1, 0.15) is 0 Å². The summed E-state index contributed by atoms with van der Waals surface area (Å²) in [6.07, 6.45) is 1.46. The van der Waals surface area contributed by atoms with Crippen LogP contribution >= 0.6 is 12.6 Å². The molecule has 1 aromatic rings. The molecule has 0 aliphatic carbocycles. The Balaban J connectivity index is 1.86. The van der Waals surface area contributed by atoms with Gasteiger partial charge in [0.2, 0.25) is 5.91 Å². The molecule has 1 aromatic carbocycles. The van der Waals surface area contributed by atoms with Gasteiger partial charge in [-0.15, -0.1) is 0 Å². The van der Waals surface area contributed by atoms with Crippen LogP contribution in [0, 0.1) is 5.92 Å². The topological polar surface area (TPSA) is 38.8 Å². The van der Waals surface area contributed by atoms with Gasteiger partial charge in [-0.05, 0) is 23.8 Å². The van der Waals surface area contributed by atoms with Crippen molar-refractivity contribution in [3.8, 4) is 11.5 Å². The molecule has 1 fully saturated rings. The summed E-state index contributed by atoms with van der Waals surface area (Å²) < 4.78 is 11.3. The molecular formula is C14H17NO3S. The van der Waals surface area contributed by atoms with E-state index < -0.39 is 0 Å². The zero-order chi connectivity index (χ0) is 13.2. The van der Waals surface area contributed by atoms with Crippen molar-refractivity contribution in [1.82, 2.24) is 0 Å². The van der Waals surface area contributed by atoms with E-state index in [9.17, 15) is 4.79 Å². The Morgan fingerprint density at radius 1 is 1.26 bits per heavy atom. The molecule has 1 unspecified atom stereocenters. The van der Waals surface area contributed by atoms with Gasteiger partial charge >= 0.3 is 0 Å². The Morgan fingerprint density at radius 3 is 2.79 bits per heavy atom. The Hall–Kier alpha value is -1.36. The van der Waals surface area contributed by atoms with Crippen LogP contribution in [0.25, 0.3) is 0 Å². The van der Waals surface area contributed by atoms with Crippen LogP contribution in [-0.2, 0) is 4.79 Å². The number of nitrogens with zero attached hydrogens (tertiary/aromatic N) is 1. The third-order valence-electron chi connectivity index (χ3n) is 3.51. The van der Waals surface area contributed by atoms with E-state index in [1.165, 1.54) is 0 Å². The van der Waals surface area contributed by atoms with Gasteiger partial charge in [0.05, 0.1) is 13.2 Å². The zero-order valence-electron chi connectivity index (χ0n) is 10.7. The second-order valence-corrected chi connectivity index (χ2v) is 5.30. The second kappa shape index (κ2) is 5.33. The maximum Gasteiger partial charge on any atom is 0.227 e. The van der Waals surface area contributed by atoms with E-state index in [-0.39, 0.29) is 5.91 Å². The first kappa shape index (κ1) is 12.7. The lowest BCUT2D eigenvalue weighted by atomic mass is 10.1. The maximum atomic E-state index is 12.0. The van der Waals surface area contributed by atoms with E-state index >= 15 is 0 Å². The van der Waals surface area contributed by atoms with Gasteiger partial charge in [0, 0.05) is 31.1 Å². The van der Waals surface area contributed by atoms with Crippen molar-refractivity contribution in [2.75, 3.05) is 30.4 Å². The molecule has 102 valence electrons. The highest BCUT2D eigenvalue weighted by molar-refractivity contribution is 7.80. The van der Waals surface area contributed by atoms with E-state index in [2.05, 4.69) is 12.6 Å². The number of benzene rings is 1. The summed E-state index contributed by atoms with van der Waals surface area (Å²) in [5, 5.41) is 0. The molecule has 2 heterocycles. The molecule has 1 atom stereocenters. The van der Waals surface area contributed by atoms with E-state index in [1.54, 1.807) is 0 Å². The molecule has 5 heteroatoms. The predicted octanol–water partition coefficient (Wildman–Crippen LogP) is 2.13. The van der Waals surface area contributed by atoms with Crippen LogP contribution in [0.5, 0.6) is 11.5 Å². The van der Waals surface area contributed by atoms with E-state index in [1.807, 2.05) is 23.1 Å². The van der Waals surface area contributed by atoms with Crippen LogP contribution in [-0.4, -0.2) is 31.4 Å². The molecule has 3 rings (SSSR count). The number of hydrogen-bond acceptors (Lipinski definition) is 4. The number of hydrogen-bond donors (Lipinski definition) is 1. The van der Waals surface area contributed by atoms with Crippen molar-refractivity contribution in [2.24, 2.45) is 5.92 Å². The van der Waals surface area contributed by atoms with E-state index in [0.717, 1.165) is 35.9 Å². The first-order valence-electron chi connectivity index (χ1n) is 6.59. The highest BCUT2D eigenvalue weighted by Crippen LogP contribution is 2.35. The average molecular weight is 279 g/mol. The van der Waals surface area contributed by atoms with Crippen molar-refractivity contribution < 1.29 is 14.3 Å². The summed E-state index contributed by atoms with van der Waals surface area (Å²) in [5.74, 6) is 2.74. The summed E-state index contributed by atoms with van der Waals surface area (Å²) in [6, 6.07) is 5.71. The molecule has 2 aliphatic rings. The minimum absolute atomic E-state index is 0.161. The molecule has 1 saturated heterocycles. The first-order valence-corrected chi connectivity index (χ1v) is 7.22. The lowest BCUT2D eigenvalue weighted by Crippen LogP contribution is -2.24. The number of carbonyl (C=O) groups excluding carboxylic acids is 1. The number of amides is 1. The third kappa shape index (κ3) is 2.52. The third-order valence-corrected chi connectivity index (χ3v) is 4.02. The van der Waals surface area contributed by atoms with Crippen LogP contribution in [0.4, 0.5) is 5.69 Å².